The first kappa shape index (κ1) is 15.1. The largest absolute Gasteiger partial charge is 0.355 e. The van der Waals surface area contributed by atoms with Crippen LogP contribution >= 0.6 is 11.8 Å². The number of benzene rings is 1. The van der Waals surface area contributed by atoms with Crippen LogP contribution in [0, 0.1) is 6.92 Å². The first-order chi connectivity index (χ1) is 8.58. The van der Waals surface area contributed by atoms with Crippen LogP contribution in [0.4, 0.5) is 0 Å². The molecule has 1 atom stereocenters. The molecule has 0 heterocycles. The highest BCUT2D eigenvalue weighted by molar-refractivity contribution is 7.99. The van der Waals surface area contributed by atoms with Gasteiger partial charge in [0.1, 0.15) is 0 Å². The quantitative estimate of drug-likeness (QED) is 0.794. The summed E-state index contributed by atoms with van der Waals surface area (Å²) in [7, 11) is 0. The Morgan fingerprint density at radius 1 is 1.50 bits per heavy atom. The molecule has 0 saturated carbocycles. The maximum absolute atomic E-state index is 11.5. The van der Waals surface area contributed by atoms with E-state index in [0.717, 1.165) is 12.2 Å². The second kappa shape index (κ2) is 8.16. The fraction of sp³-hybridized carbons (Fsp3) is 0.500. The van der Waals surface area contributed by atoms with Crippen molar-refractivity contribution in [2.75, 3.05) is 12.3 Å². The second-order valence-electron chi connectivity index (χ2n) is 4.60. The van der Waals surface area contributed by atoms with Crippen LogP contribution in [0.2, 0.25) is 0 Å². The fourth-order valence-corrected chi connectivity index (χ4v) is 2.36. The van der Waals surface area contributed by atoms with Gasteiger partial charge in [-0.15, -0.1) is 11.8 Å². The third-order valence-corrected chi connectivity index (χ3v) is 3.51. The molecule has 1 aromatic rings. The lowest BCUT2D eigenvalue weighted by Crippen LogP contribution is -2.30. The molecular formula is C14H22N2OS. The Bertz CT molecular complexity index is 380. The summed E-state index contributed by atoms with van der Waals surface area (Å²) in [5, 5.41) is 2.87. The molecule has 0 fully saturated rings. The average molecular weight is 266 g/mol. The minimum absolute atomic E-state index is 0.0910. The highest BCUT2D eigenvalue weighted by Gasteiger charge is 2.02. The number of carbonyl (C=O) groups is 1. The zero-order valence-corrected chi connectivity index (χ0v) is 11.9. The molecule has 0 aliphatic carbocycles. The van der Waals surface area contributed by atoms with Crippen molar-refractivity contribution in [3.8, 4) is 0 Å². The number of hydrogen-bond acceptors (Lipinski definition) is 3. The van der Waals surface area contributed by atoms with Gasteiger partial charge >= 0.3 is 0 Å². The van der Waals surface area contributed by atoms with Crippen LogP contribution in [0.15, 0.2) is 24.3 Å². The van der Waals surface area contributed by atoms with Gasteiger partial charge < -0.3 is 11.1 Å². The van der Waals surface area contributed by atoms with Crippen LogP contribution in [0.25, 0.3) is 0 Å². The van der Waals surface area contributed by atoms with Gasteiger partial charge in [-0.2, -0.15) is 0 Å². The minimum atomic E-state index is 0.0910. The molecule has 3 N–H and O–H groups in total. The first-order valence-electron chi connectivity index (χ1n) is 6.23. The zero-order chi connectivity index (χ0) is 13.4. The Labute approximate surface area is 114 Å². The molecule has 1 aromatic carbocycles. The lowest BCUT2D eigenvalue weighted by atomic mass is 10.2. The van der Waals surface area contributed by atoms with Crippen molar-refractivity contribution in [2.24, 2.45) is 5.73 Å². The smallest absolute Gasteiger partial charge is 0.230 e. The number of thioether (sulfide) groups is 1. The first-order valence-corrected chi connectivity index (χ1v) is 7.39. The standard InChI is InChI=1S/C14H22N2OS/c1-11-4-3-5-13(8-11)9-18-10-14(17)16-7-6-12(2)15/h3-5,8,12H,6-7,9-10,15H2,1-2H3,(H,16,17). The van der Waals surface area contributed by atoms with E-state index in [-0.39, 0.29) is 11.9 Å². The predicted molar refractivity (Wildman–Crippen MR) is 78.6 cm³/mol. The lowest BCUT2D eigenvalue weighted by molar-refractivity contribution is -0.118. The van der Waals surface area contributed by atoms with Gasteiger partial charge in [0.2, 0.25) is 5.91 Å². The predicted octanol–water partition coefficient (Wildman–Crippen LogP) is 2.08. The highest BCUT2D eigenvalue weighted by atomic mass is 32.2. The van der Waals surface area contributed by atoms with E-state index in [1.807, 2.05) is 13.0 Å². The van der Waals surface area contributed by atoms with Gasteiger partial charge in [0.15, 0.2) is 0 Å². The topological polar surface area (TPSA) is 55.1 Å². The summed E-state index contributed by atoms with van der Waals surface area (Å²) >= 11 is 1.64. The Hall–Kier alpha value is -1.00. The third-order valence-electron chi connectivity index (χ3n) is 2.51. The summed E-state index contributed by atoms with van der Waals surface area (Å²) in [6.45, 7) is 4.69. The van der Waals surface area contributed by atoms with Gasteiger partial charge in [-0.05, 0) is 25.8 Å². The van der Waals surface area contributed by atoms with Crippen LogP contribution in [0.5, 0.6) is 0 Å². The van der Waals surface area contributed by atoms with Gasteiger partial charge in [0, 0.05) is 18.3 Å². The van der Waals surface area contributed by atoms with Crippen LogP contribution in [0.1, 0.15) is 24.5 Å². The van der Waals surface area contributed by atoms with Gasteiger partial charge in [0.05, 0.1) is 5.75 Å². The van der Waals surface area contributed by atoms with Crippen LogP contribution in [-0.4, -0.2) is 24.2 Å². The molecule has 0 aliphatic rings. The number of aryl methyl sites for hydroxylation is 1. The van der Waals surface area contributed by atoms with Crippen LogP contribution in [0.3, 0.4) is 0 Å². The summed E-state index contributed by atoms with van der Waals surface area (Å²) in [6, 6.07) is 8.52. The van der Waals surface area contributed by atoms with Gasteiger partial charge in [-0.25, -0.2) is 0 Å². The number of rotatable bonds is 7. The Kier molecular flexibility index (Phi) is 6.83. The SMILES string of the molecule is Cc1cccc(CSCC(=O)NCCC(C)N)c1. The number of hydrogen-bond donors (Lipinski definition) is 2. The number of carbonyl (C=O) groups excluding carboxylic acids is 1. The van der Waals surface area contributed by atoms with E-state index in [0.29, 0.717) is 12.3 Å². The number of nitrogens with one attached hydrogen (secondary N) is 1. The molecule has 0 aliphatic heterocycles. The summed E-state index contributed by atoms with van der Waals surface area (Å²) in [5.41, 5.74) is 8.14. The van der Waals surface area contributed by atoms with E-state index in [1.54, 1.807) is 11.8 Å². The van der Waals surface area contributed by atoms with E-state index in [4.69, 9.17) is 5.73 Å². The molecule has 18 heavy (non-hydrogen) atoms. The normalized spacial score (nSPS) is 12.2. The molecule has 1 amide bonds. The summed E-state index contributed by atoms with van der Waals surface area (Å²) in [4.78, 5) is 11.5. The molecule has 100 valence electrons. The summed E-state index contributed by atoms with van der Waals surface area (Å²) in [5.74, 6) is 1.48. The monoisotopic (exact) mass is 266 g/mol. The molecule has 0 saturated heterocycles. The number of nitrogens with two attached hydrogens (primary N) is 1. The van der Waals surface area contributed by atoms with Crippen molar-refractivity contribution in [3.63, 3.8) is 0 Å². The molecule has 0 bridgehead atoms. The fourth-order valence-electron chi connectivity index (χ4n) is 1.55. The van der Waals surface area contributed by atoms with Crippen molar-refractivity contribution < 1.29 is 4.79 Å². The zero-order valence-electron chi connectivity index (χ0n) is 11.1. The second-order valence-corrected chi connectivity index (χ2v) is 5.58. The maximum atomic E-state index is 11.5. The summed E-state index contributed by atoms with van der Waals surface area (Å²) < 4.78 is 0. The van der Waals surface area contributed by atoms with Crippen LogP contribution in [-0.2, 0) is 10.5 Å². The highest BCUT2D eigenvalue weighted by Crippen LogP contribution is 2.13. The van der Waals surface area contributed by atoms with Crippen LogP contribution < -0.4 is 11.1 Å². The molecule has 0 aromatic heterocycles. The van der Waals surface area contributed by atoms with Crippen molar-refractivity contribution in [1.82, 2.24) is 5.32 Å². The van der Waals surface area contributed by atoms with E-state index in [1.165, 1.54) is 11.1 Å². The van der Waals surface area contributed by atoms with Crippen molar-refractivity contribution >= 4 is 17.7 Å². The van der Waals surface area contributed by atoms with E-state index < -0.39 is 0 Å². The van der Waals surface area contributed by atoms with Crippen molar-refractivity contribution in [3.05, 3.63) is 35.4 Å². The van der Waals surface area contributed by atoms with Gasteiger partial charge in [-0.3, -0.25) is 4.79 Å². The third kappa shape index (κ3) is 6.67. The Morgan fingerprint density at radius 2 is 2.28 bits per heavy atom. The van der Waals surface area contributed by atoms with Crippen molar-refractivity contribution in [1.29, 1.82) is 0 Å². The molecule has 1 unspecified atom stereocenters. The van der Waals surface area contributed by atoms with Gasteiger partial charge in [0.25, 0.3) is 0 Å². The molecule has 1 rings (SSSR count). The molecular weight excluding hydrogens is 244 g/mol. The average Bonchev–Trinajstić information content (AvgIpc) is 2.28. The molecule has 4 heteroatoms. The lowest BCUT2D eigenvalue weighted by Gasteiger charge is -2.07. The Balaban J connectivity index is 2.15. The molecule has 0 radical (unpaired) electrons. The minimum Gasteiger partial charge on any atom is -0.355 e. The van der Waals surface area contributed by atoms with Crippen molar-refractivity contribution in [2.45, 2.75) is 32.1 Å². The Morgan fingerprint density at radius 3 is 2.94 bits per heavy atom. The van der Waals surface area contributed by atoms with E-state index >= 15 is 0 Å². The molecule has 3 nitrogen and oxygen atoms in total. The van der Waals surface area contributed by atoms with E-state index in [9.17, 15) is 4.79 Å². The number of amides is 1. The van der Waals surface area contributed by atoms with E-state index in [2.05, 4.69) is 30.4 Å². The summed E-state index contributed by atoms with van der Waals surface area (Å²) in [6.07, 6.45) is 0.828. The van der Waals surface area contributed by atoms with Gasteiger partial charge in [-0.1, -0.05) is 29.8 Å². The maximum Gasteiger partial charge on any atom is 0.230 e. The molecule has 0 spiro atoms.